The largest absolute Gasteiger partial charge is 0.472 e. The summed E-state index contributed by atoms with van der Waals surface area (Å²) in [5, 5.41) is 11.1. The van der Waals surface area contributed by atoms with Gasteiger partial charge in [-0.15, -0.1) is 0 Å². The predicted molar refractivity (Wildman–Crippen MR) is 138 cm³/mol. The summed E-state index contributed by atoms with van der Waals surface area (Å²) < 4.78 is 76.4. The van der Waals surface area contributed by atoms with E-state index in [1.54, 1.807) is 24.3 Å². The molecule has 1 aromatic carbocycles. The first-order valence-electron chi connectivity index (χ1n) is 12.8. The number of aromatic nitrogens is 6. The maximum atomic E-state index is 15.8. The number of hydrogen-bond donors (Lipinski definition) is 4. The number of benzene rings is 1. The number of phosphoric ester groups is 2. The molecule has 6 heterocycles. The summed E-state index contributed by atoms with van der Waals surface area (Å²) in [4.78, 5) is 47.5. The predicted octanol–water partition coefficient (Wildman–Crippen LogP) is 0.681. The van der Waals surface area contributed by atoms with Crippen molar-refractivity contribution in [3.63, 3.8) is 0 Å². The van der Waals surface area contributed by atoms with E-state index in [1.165, 1.54) is 10.9 Å². The van der Waals surface area contributed by atoms with E-state index in [1.807, 2.05) is 0 Å². The zero-order valence-corrected chi connectivity index (χ0v) is 23.4. The molecule has 7 rings (SSSR count). The van der Waals surface area contributed by atoms with E-state index in [0.29, 0.717) is 11.0 Å². The molecule has 230 valence electrons. The van der Waals surface area contributed by atoms with Crippen molar-refractivity contribution in [2.24, 2.45) is 0 Å². The maximum absolute atomic E-state index is 15.8. The highest BCUT2D eigenvalue weighted by Crippen LogP contribution is 2.54. The number of phosphoric acid groups is 2. The van der Waals surface area contributed by atoms with Crippen LogP contribution in [0.25, 0.3) is 22.2 Å². The topological polar surface area (TPSA) is 232 Å². The molecule has 4 N–H and O–H groups in total. The van der Waals surface area contributed by atoms with Gasteiger partial charge in [0.2, 0.25) is 0 Å². The number of alkyl halides is 1. The van der Waals surface area contributed by atoms with Gasteiger partial charge in [-0.1, -0.05) is 12.1 Å². The Balaban J connectivity index is 1.17. The first kappa shape index (κ1) is 28.8. The number of imidazole rings is 2. The minimum Gasteiger partial charge on any atom is -0.386 e. The van der Waals surface area contributed by atoms with E-state index in [-0.39, 0.29) is 11.2 Å². The summed E-state index contributed by atoms with van der Waals surface area (Å²) >= 11 is 0. The van der Waals surface area contributed by atoms with Gasteiger partial charge in [-0.05, 0) is 12.1 Å². The molecular formula is C22H23FN6O12P2. The Morgan fingerprint density at radius 3 is 2.33 bits per heavy atom. The van der Waals surface area contributed by atoms with Crippen LogP contribution in [0.3, 0.4) is 0 Å². The SMILES string of the molecule is O=c1[nH]cnc2c1ncn2[C@@H]1O[C@@H]2COP(=O)(O)O[C@@H]3C(O)[C@H](n4cnc5ccccc54)O[C@@H]3COP(=O)(O)OC2[C@@H]1F. The molecule has 0 spiro atoms. The van der Waals surface area contributed by atoms with E-state index < -0.39 is 83.6 Å². The third kappa shape index (κ3) is 5.15. The molecule has 3 saturated heterocycles. The molecule has 0 bridgehead atoms. The highest BCUT2D eigenvalue weighted by molar-refractivity contribution is 7.47. The van der Waals surface area contributed by atoms with Crippen molar-refractivity contribution >= 4 is 37.8 Å². The molecule has 21 heteroatoms. The second-order valence-electron chi connectivity index (χ2n) is 9.93. The number of halogens is 1. The van der Waals surface area contributed by atoms with Crippen LogP contribution in [0.4, 0.5) is 4.39 Å². The van der Waals surface area contributed by atoms with Crippen molar-refractivity contribution in [1.29, 1.82) is 0 Å². The number of H-pyrrole nitrogens is 1. The van der Waals surface area contributed by atoms with E-state index in [0.717, 1.165) is 17.2 Å². The molecule has 3 aromatic heterocycles. The summed E-state index contributed by atoms with van der Waals surface area (Å²) in [6, 6.07) is 6.91. The summed E-state index contributed by atoms with van der Waals surface area (Å²) in [6.07, 6.45) is -9.49. The monoisotopic (exact) mass is 644 g/mol. The third-order valence-corrected chi connectivity index (χ3v) is 9.26. The van der Waals surface area contributed by atoms with Crippen molar-refractivity contribution in [3.05, 3.63) is 53.6 Å². The smallest absolute Gasteiger partial charge is 0.386 e. The average molecular weight is 644 g/mol. The fourth-order valence-corrected chi connectivity index (χ4v) is 7.25. The number of aromatic amines is 1. The molecule has 18 nitrogen and oxygen atoms in total. The summed E-state index contributed by atoms with van der Waals surface area (Å²) in [7, 11) is -10.1. The Hall–Kier alpha value is -2.93. The average Bonchev–Trinajstić information content (AvgIpc) is 3.72. The molecule has 4 unspecified atom stereocenters. The van der Waals surface area contributed by atoms with Crippen molar-refractivity contribution in [2.75, 3.05) is 13.2 Å². The van der Waals surface area contributed by atoms with E-state index in [4.69, 9.17) is 27.6 Å². The van der Waals surface area contributed by atoms with Gasteiger partial charge in [0, 0.05) is 0 Å². The van der Waals surface area contributed by atoms with Gasteiger partial charge >= 0.3 is 15.6 Å². The van der Waals surface area contributed by atoms with Gasteiger partial charge in [-0.3, -0.25) is 27.5 Å². The van der Waals surface area contributed by atoms with Crippen LogP contribution >= 0.6 is 15.6 Å². The molecule has 0 radical (unpaired) electrons. The molecule has 10 atom stereocenters. The number of para-hydroxylation sites is 2. The first-order valence-corrected chi connectivity index (χ1v) is 15.8. The normalized spacial score (nSPS) is 38.9. The number of aliphatic hydroxyl groups is 1. The van der Waals surface area contributed by atoms with Crippen LogP contribution in [0.2, 0.25) is 0 Å². The van der Waals surface area contributed by atoms with Gasteiger partial charge in [0.05, 0.1) is 43.2 Å². The van der Waals surface area contributed by atoms with Crippen molar-refractivity contribution in [3.8, 4) is 0 Å². The fourth-order valence-electron chi connectivity index (χ4n) is 5.33. The van der Waals surface area contributed by atoms with Gasteiger partial charge in [-0.25, -0.2) is 28.5 Å². The number of rotatable bonds is 2. The van der Waals surface area contributed by atoms with E-state index >= 15 is 4.39 Å². The lowest BCUT2D eigenvalue weighted by Gasteiger charge is -2.27. The Bertz CT molecular complexity index is 1830. The Morgan fingerprint density at radius 1 is 0.907 bits per heavy atom. The molecule has 3 aliphatic heterocycles. The lowest BCUT2D eigenvalue weighted by molar-refractivity contribution is -0.0662. The van der Waals surface area contributed by atoms with Crippen molar-refractivity contribution < 1.29 is 56.0 Å². The van der Waals surface area contributed by atoms with Gasteiger partial charge < -0.3 is 33.9 Å². The van der Waals surface area contributed by atoms with Crippen LogP contribution < -0.4 is 5.56 Å². The second kappa shape index (κ2) is 10.6. The highest BCUT2D eigenvalue weighted by atomic mass is 31.2. The summed E-state index contributed by atoms with van der Waals surface area (Å²) in [5.74, 6) is 0. The number of ether oxygens (including phenoxy) is 2. The number of hydrogen-bond acceptors (Lipinski definition) is 13. The second-order valence-corrected chi connectivity index (χ2v) is 12.7. The molecular weight excluding hydrogens is 621 g/mol. The van der Waals surface area contributed by atoms with Crippen LogP contribution in [-0.4, -0.2) is 93.9 Å². The lowest BCUT2D eigenvalue weighted by atomic mass is 10.1. The fraction of sp³-hybridized carbons (Fsp3) is 0.455. The first-order chi connectivity index (χ1) is 20.5. The number of fused-ring (bicyclic) bond motifs is 4. The molecule has 0 aliphatic carbocycles. The molecule has 3 fully saturated rings. The highest BCUT2D eigenvalue weighted by Gasteiger charge is 2.54. The Kier molecular flexibility index (Phi) is 7.11. The standard InChI is InChI=1S/C22H23FN6O12P2/c23-14-17-12(38-21(14)29-9-27-15-19(29)24-7-25-20(15)31)5-36-43(34,35)41-18-13(6-37-42(32,33)40-17)39-22(16(18)30)28-8-26-10-3-1-2-4-11(10)28/h1-4,7-9,12-14,16-18,21-22,30H,5-6H2,(H,32,33)(H,34,35)(H,24,25,31)/t12-,13-,14+,16?,17?,18+,21-,22-/m1/s1. The third-order valence-electron chi connectivity index (χ3n) is 7.28. The quantitative estimate of drug-likeness (QED) is 0.220. The summed E-state index contributed by atoms with van der Waals surface area (Å²) in [5.41, 5.74) is 0.339. The van der Waals surface area contributed by atoms with E-state index in [9.17, 15) is 28.8 Å². The molecule has 0 saturated carbocycles. The van der Waals surface area contributed by atoms with Crippen LogP contribution in [0.15, 0.2) is 48.0 Å². The minimum atomic E-state index is -5.06. The van der Waals surface area contributed by atoms with Crippen LogP contribution in [0, 0.1) is 0 Å². The van der Waals surface area contributed by atoms with Crippen molar-refractivity contribution in [2.45, 2.75) is 49.1 Å². The number of nitrogens with one attached hydrogen (secondary N) is 1. The van der Waals surface area contributed by atoms with Gasteiger partial charge in [0.1, 0.15) is 30.5 Å². The molecule has 4 aromatic rings. The summed E-state index contributed by atoms with van der Waals surface area (Å²) in [6.45, 7) is -1.64. The minimum absolute atomic E-state index is 0.0617. The van der Waals surface area contributed by atoms with Crippen LogP contribution in [0.1, 0.15) is 12.5 Å². The Morgan fingerprint density at radius 2 is 1.56 bits per heavy atom. The zero-order chi connectivity index (χ0) is 30.1. The van der Waals surface area contributed by atoms with Crippen molar-refractivity contribution in [1.82, 2.24) is 29.1 Å². The molecule has 43 heavy (non-hydrogen) atoms. The van der Waals surface area contributed by atoms with Gasteiger partial charge in [0.15, 0.2) is 29.8 Å². The molecule has 0 amide bonds. The van der Waals surface area contributed by atoms with Gasteiger partial charge in [-0.2, -0.15) is 0 Å². The maximum Gasteiger partial charge on any atom is 0.472 e. The Labute approximate surface area is 239 Å². The van der Waals surface area contributed by atoms with Crippen LogP contribution in [0.5, 0.6) is 0 Å². The zero-order valence-electron chi connectivity index (χ0n) is 21.6. The molecule has 3 aliphatic rings. The number of aliphatic hydroxyl groups excluding tert-OH is 1. The van der Waals surface area contributed by atoms with Gasteiger partial charge in [0.25, 0.3) is 5.56 Å². The van der Waals surface area contributed by atoms with Crippen LogP contribution in [-0.2, 0) is 36.7 Å². The lowest BCUT2D eigenvalue weighted by Crippen LogP contribution is -2.38. The number of nitrogens with zero attached hydrogens (tertiary/aromatic N) is 5. The van der Waals surface area contributed by atoms with E-state index in [2.05, 4.69) is 19.9 Å².